The molecular formula is C2H6N2O4SZn. The van der Waals surface area contributed by atoms with Crippen molar-refractivity contribution in [3.8, 4) is 0 Å². The molecule has 8 heteroatoms. The first kappa shape index (κ1) is 22.7. The van der Waals surface area contributed by atoms with Crippen LogP contribution in [0.25, 0.3) is 0 Å². The number of primary amides is 2. The van der Waals surface area contributed by atoms with E-state index in [1.165, 1.54) is 0 Å². The third-order valence-corrected chi connectivity index (χ3v) is 0. The second kappa shape index (κ2) is 15.8. The largest absolute Gasteiger partial charge is 2.00 e. The summed E-state index contributed by atoms with van der Waals surface area (Å²) in [5.74, 6) is 0. The topological polar surface area (TPSA) is 132 Å². The van der Waals surface area contributed by atoms with Gasteiger partial charge in [-0.05, 0) is 0 Å². The Kier molecular flexibility index (Phi) is 35.9. The summed E-state index contributed by atoms with van der Waals surface area (Å²) in [6, 6.07) is 0. The molecule has 0 aromatic heterocycles. The van der Waals surface area contributed by atoms with E-state index in [0.717, 1.165) is 0 Å². The van der Waals surface area contributed by atoms with Gasteiger partial charge >= 0.3 is 19.5 Å². The second-order valence-corrected chi connectivity index (χ2v) is 0.638. The normalized spacial score (nSPS) is 4.80. The zero-order valence-electron chi connectivity index (χ0n) is 4.99. The number of carboxylic acid groups (broad SMARTS) is 2. The Bertz CT molecular complexity index is 79.3. The van der Waals surface area contributed by atoms with E-state index in [-0.39, 0.29) is 33.0 Å². The van der Waals surface area contributed by atoms with Crippen molar-refractivity contribution < 1.29 is 39.3 Å². The average Bonchev–Trinajstić information content (AvgIpc) is 1.25. The summed E-state index contributed by atoms with van der Waals surface area (Å²) in [6.45, 7) is 0. The molecule has 2 amide bonds. The molecule has 0 fully saturated rings. The standard InChI is InChI=1S/2CH3NO2.H2S.Zn/c2*2-1(3)4;;/h2*2H2,(H,3,4);1H2;/q;;;+2/p-2. The summed E-state index contributed by atoms with van der Waals surface area (Å²) in [6.07, 6.45) is -3.17. The molecule has 0 aliphatic carbocycles. The Morgan fingerprint density at radius 1 is 1.00 bits per heavy atom. The Morgan fingerprint density at radius 2 is 1.00 bits per heavy atom. The number of hydrogen-bond donors (Lipinski definition) is 2. The molecule has 0 aliphatic heterocycles. The van der Waals surface area contributed by atoms with Gasteiger partial charge < -0.3 is 31.3 Å². The summed E-state index contributed by atoms with van der Waals surface area (Å²) in [5, 5.41) is 17.3. The second-order valence-electron chi connectivity index (χ2n) is 0.638. The van der Waals surface area contributed by atoms with Gasteiger partial charge in [-0.1, -0.05) is 0 Å². The van der Waals surface area contributed by atoms with Gasteiger partial charge in [0.2, 0.25) is 0 Å². The number of amides is 2. The van der Waals surface area contributed by atoms with Gasteiger partial charge in [0.25, 0.3) is 0 Å². The number of nitrogens with two attached hydrogens (primary N) is 2. The van der Waals surface area contributed by atoms with E-state index in [0.29, 0.717) is 0 Å². The minimum Gasteiger partial charge on any atom is -0.530 e. The van der Waals surface area contributed by atoms with Crippen LogP contribution in [0.1, 0.15) is 0 Å². The van der Waals surface area contributed by atoms with Crippen LogP contribution in [0.3, 0.4) is 0 Å². The van der Waals surface area contributed by atoms with Crippen LogP contribution in [0.5, 0.6) is 0 Å². The third-order valence-electron chi connectivity index (χ3n) is 0. The molecule has 0 saturated carbocycles. The van der Waals surface area contributed by atoms with Crippen LogP contribution in [0.4, 0.5) is 9.59 Å². The molecule has 4 N–H and O–H groups in total. The predicted molar refractivity (Wildman–Crippen MR) is 29.5 cm³/mol. The Labute approximate surface area is 76.8 Å². The average molecular weight is 220 g/mol. The van der Waals surface area contributed by atoms with E-state index in [9.17, 15) is 0 Å². The molecule has 6 nitrogen and oxygen atoms in total. The van der Waals surface area contributed by atoms with Gasteiger partial charge in [-0.25, -0.2) is 0 Å². The van der Waals surface area contributed by atoms with Crippen molar-refractivity contribution >= 4 is 25.7 Å². The van der Waals surface area contributed by atoms with Crippen molar-refractivity contribution in [2.75, 3.05) is 0 Å². The maximum absolute atomic E-state index is 8.67. The van der Waals surface area contributed by atoms with Crippen LogP contribution in [0.15, 0.2) is 0 Å². The Balaban J connectivity index is -0.0000000300. The first-order valence-electron chi connectivity index (χ1n) is 1.39. The van der Waals surface area contributed by atoms with E-state index < -0.39 is 12.2 Å². The molecule has 56 valence electrons. The fraction of sp³-hybridized carbons (Fsp3) is 0. The molecular weight excluding hydrogens is 213 g/mol. The molecule has 0 aliphatic rings. The first-order chi connectivity index (χ1) is 3.46. The maximum Gasteiger partial charge on any atom is 2.00 e. The molecule has 0 rings (SSSR count). The van der Waals surface area contributed by atoms with Gasteiger partial charge in [0.15, 0.2) is 0 Å². The summed E-state index contributed by atoms with van der Waals surface area (Å²) >= 11 is 0. The van der Waals surface area contributed by atoms with Crippen LogP contribution in [-0.2, 0) is 19.5 Å². The molecule has 0 aromatic carbocycles. The first-order valence-corrected chi connectivity index (χ1v) is 1.39. The predicted octanol–water partition coefficient (Wildman–Crippen LogP) is -3.31. The SMILES string of the molecule is NC(=O)[O-].NC(=O)[O-].S.[Zn+2]. The number of carbonyl (C=O) groups excluding carboxylic acids is 2. The summed E-state index contributed by atoms with van der Waals surface area (Å²) in [7, 11) is 0. The van der Waals surface area contributed by atoms with Gasteiger partial charge in [0, 0.05) is 0 Å². The van der Waals surface area contributed by atoms with Gasteiger partial charge in [0.05, 0.1) is 0 Å². The van der Waals surface area contributed by atoms with Crippen molar-refractivity contribution in [3.63, 3.8) is 0 Å². The molecule has 0 unspecified atom stereocenters. The van der Waals surface area contributed by atoms with Gasteiger partial charge in [-0.15, -0.1) is 0 Å². The van der Waals surface area contributed by atoms with Gasteiger partial charge in [0.1, 0.15) is 12.2 Å². The fourth-order valence-corrected chi connectivity index (χ4v) is 0. The summed E-state index contributed by atoms with van der Waals surface area (Å²) in [4.78, 5) is 17.3. The minimum absolute atomic E-state index is 0. The van der Waals surface area contributed by atoms with E-state index in [2.05, 4.69) is 11.5 Å². The number of rotatable bonds is 0. The van der Waals surface area contributed by atoms with E-state index in [4.69, 9.17) is 19.8 Å². The molecule has 0 aromatic rings. The van der Waals surface area contributed by atoms with Crippen molar-refractivity contribution in [3.05, 3.63) is 0 Å². The quantitative estimate of drug-likeness (QED) is 0.413. The van der Waals surface area contributed by atoms with Crippen molar-refractivity contribution in [2.45, 2.75) is 0 Å². The summed E-state index contributed by atoms with van der Waals surface area (Å²) in [5.41, 5.74) is 7.83. The van der Waals surface area contributed by atoms with E-state index in [1.54, 1.807) is 0 Å². The van der Waals surface area contributed by atoms with Crippen LogP contribution in [-0.4, -0.2) is 12.2 Å². The van der Waals surface area contributed by atoms with Gasteiger partial charge in [-0.2, -0.15) is 13.5 Å². The number of hydrogen-bond acceptors (Lipinski definition) is 4. The van der Waals surface area contributed by atoms with Crippen molar-refractivity contribution in [1.82, 2.24) is 0 Å². The molecule has 0 bridgehead atoms. The third kappa shape index (κ3) is 1350. The zero-order chi connectivity index (χ0) is 7.15. The molecule has 0 atom stereocenters. The molecule has 0 radical (unpaired) electrons. The fourth-order valence-electron chi connectivity index (χ4n) is 0. The Morgan fingerprint density at radius 3 is 1.00 bits per heavy atom. The molecule has 0 spiro atoms. The zero-order valence-corrected chi connectivity index (χ0v) is 8.96. The van der Waals surface area contributed by atoms with Crippen LogP contribution in [0.2, 0.25) is 0 Å². The van der Waals surface area contributed by atoms with Crippen LogP contribution >= 0.6 is 13.5 Å². The Hall–Kier alpha value is -0.487. The number of carbonyl (C=O) groups is 2. The van der Waals surface area contributed by atoms with E-state index in [1.807, 2.05) is 0 Å². The monoisotopic (exact) mass is 218 g/mol. The smallest absolute Gasteiger partial charge is 0.530 e. The van der Waals surface area contributed by atoms with Crippen LogP contribution in [0, 0.1) is 0 Å². The minimum atomic E-state index is -1.58. The molecule has 0 saturated heterocycles. The molecule has 0 heterocycles. The van der Waals surface area contributed by atoms with Crippen molar-refractivity contribution in [2.24, 2.45) is 11.5 Å². The summed E-state index contributed by atoms with van der Waals surface area (Å²) < 4.78 is 0. The van der Waals surface area contributed by atoms with Gasteiger partial charge in [-0.3, -0.25) is 0 Å². The van der Waals surface area contributed by atoms with E-state index >= 15 is 0 Å². The van der Waals surface area contributed by atoms with Crippen molar-refractivity contribution in [1.29, 1.82) is 0 Å². The maximum atomic E-state index is 8.67. The molecule has 10 heavy (non-hydrogen) atoms. The van der Waals surface area contributed by atoms with Crippen LogP contribution < -0.4 is 21.7 Å².